The van der Waals surface area contributed by atoms with Gasteiger partial charge in [0.15, 0.2) is 0 Å². The van der Waals surface area contributed by atoms with Crippen molar-refractivity contribution in [1.29, 1.82) is 0 Å². The Morgan fingerprint density at radius 1 is 1.33 bits per heavy atom. The quantitative estimate of drug-likeness (QED) is 0.834. The lowest BCUT2D eigenvalue weighted by atomic mass is 10.1. The number of aromatic nitrogens is 2. The Morgan fingerprint density at radius 3 is 2.81 bits per heavy atom. The highest BCUT2D eigenvalue weighted by Gasteiger charge is 2.10. The van der Waals surface area contributed by atoms with Crippen molar-refractivity contribution in [2.75, 3.05) is 12.8 Å². The maximum absolute atomic E-state index is 12.1. The van der Waals surface area contributed by atoms with E-state index in [0.29, 0.717) is 13.0 Å². The van der Waals surface area contributed by atoms with Gasteiger partial charge in [-0.15, -0.1) is 11.8 Å². The first-order valence-electron chi connectivity index (χ1n) is 6.98. The zero-order valence-corrected chi connectivity index (χ0v) is 13.5. The lowest BCUT2D eigenvalue weighted by molar-refractivity contribution is -0.130. The molecular weight excluding hydrogens is 282 g/mol. The van der Waals surface area contributed by atoms with Gasteiger partial charge in [0.1, 0.15) is 5.82 Å². The Bertz CT molecular complexity index is 596. The van der Waals surface area contributed by atoms with Gasteiger partial charge in [-0.05, 0) is 37.1 Å². The maximum atomic E-state index is 12.1. The molecule has 0 atom stereocenters. The second-order valence-electron chi connectivity index (χ2n) is 5.13. The van der Waals surface area contributed by atoms with Gasteiger partial charge in [-0.2, -0.15) is 0 Å². The van der Waals surface area contributed by atoms with Gasteiger partial charge in [0.2, 0.25) is 5.91 Å². The summed E-state index contributed by atoms with van der Waals surface area (Å²) in [7, 11) is 1.81. The molecule has 0 saturated carbocycles. The zero-order valence-electron chi connectivity index (χ0n) is 12.7. The normalized spacial score (nSPS) is 10.6. The first kappa shape index (κ1) is 15.6. The Morgan fingerprint density at radius 2 is 2.14 bits per heavy atom. The molecule has 0 saturated heterocycles. The van der Waals surface area contributed by atoms with E-state index >= 15 is 0 Å². The van der Waals surface area contributed by atoms with Crippen molar-refractivity contribution in [2.24, 2.45) is 0 Å². The van der Waals surface area contributed by atoms with Crippen LogP contribution in [0.25, 0.3) is 0 Å². The summed E-state index contributed by atoms with van der Waals surface area (Å²) in [6.45, 7) is 4.75. The predicted octanol–water partition coefficient (Wildman–Crippen LogP) is 3.17. The number of H-pyrrole nitrogens is 1. The molecule has 1 heterocycles. The van der Waals surface area contributed by atoms with E-state index in [1.807, 2.05) is 7.05 Å². The molecule has 0 fully saturated rings. The Hall–Kier alpha value is -1.75. The lowest BCUT2D eigenvalue weighted by Gasteiger charge is -2.15. The molecular formula is C16H21N3OS. The van der Waals surface area contributed by atoms with Crippen LogP contribution in [0.4, 0.5) is 0 Å². The van der Waals surface area contributed by atoms with Gasteiger partial charge >= 0.3 is 0 Å². The third kappa shape index (κ3) is 4.63. The van der Waals surface area contributed by atoms with Crippen LogP contribution in [0.3, 0.4) is 0 Å². The summed E-state index contributed by atoms with van der Waals surface area (Å²) in [6.07, 6.45) is 4.00. The molecule has 0 bridgehead atoms. The highest BCUT2D eigenvalue weighted by molar-refractivity contribution is 7.99. The second kappa shape index (κ2) is 7.31. The van der Waals surface area contributed by atoms with Crippen molar-refractivity contribution in [2.45, 2.75) is 31.7 Å². The highest BCUT2D eigenvalue weighted by Crippen LogP contribution is 2.21. The lowest BCUT2D eigenvalue weighted by Crippen LogP contribution is -2.26. The van der Waals surface area contributed by atoms with Gasteiger partial charge in [0.05, 0.1) is 6.54 Å². The summed E-state index contributed by atoms with van der Waals surface area (Å²) >= 11 is 1.73. The fourth-order valence-corrected chi connectivity index (χ4v) is 2.88. The molecule has 0 radical (unpaired) electrons. The molecule has 1 aromatic carbocycles. The van der Waals surface area contributed by atoms with Gasteiger partial charge in [-0.3, -0.25) is 4.79 Å². The highest BCUT2D eigenvalue weighted by atomic mass is 32.2. The van der Waals surface area contributed by atoms with Gasteiger partial charge in [0.25, 0.3) is 0 Å². The molecule has 1 N–H and O–H groups in total. The van der Waals surface area contributed by atoms with Crippen LogP contribution < -0.4 is 0 Å². The molecule has 2 rings (SSSR count). The van der Waals surface area contributed by atoms with E-state index in [1.54, 1.807) is 29.1 Å². The molecule has 0 unspecified atom stereocenters. The minimum Gasteiger partial charge on any atom is -0.347 e. The van der Waals surface area contributed by atoms with Crippen LogP contribution in [-0.4, -0.2) is 33.6 Å². The number of imidazole rings is 1. The number of hydrogen-bond acceptors (Lipinski definition) is 3. The molecule has 0 aliphatic rings. The molecule has 5 heteroatoms. The van der Waals surface area contributed by atoms with Crippen molar-refractivity contribution < 1.29 is 4.79 Å². The number of rotatable bonds is 6. The van der Waals surface area contributed by atoms with Crippen LogP contribution in [0.15, 0.2) is 35.5 Å². The largest absolute Gasteiger partial charge is 0.347 e. The van der Waals surface area contributed by atoms with E-state index in [-0.39, 0.29) is 5.91 Å². The number of benzene rings is 1. The first-order chi connectivity index (χ1) is 10.1. The molecule has 112 valence electrons. The van der Waals surface area contributed by atoms with E-state index in [2.05, 4.69) is 42.0 Å². The van der Waals surface area contributed by atoms with Crippen LogP contribution >= 0.6 is 11.8 Å². The number of carbonyl (C=O) groups excluding carboxylic acids is 1. The predicted molar refractivity (Wildman–Crippen MR) is 86.3 cm³/mol. The molecule has 1 amide bonds. The number of aryl methyl sites for hydroxylation is 2. The summed E-state index contributed by atoms with van der Waals surface area (Å²) in [5.74, 6) is 1.75. The van der Waals surface area contributed by atoms with E-state index in [1.165, 1.54) is 16.0 Å². The van der Waals surface area contributed by atoms with E-state index < -0.39 is 0 Å². The number of nitrogens with one attached hydrogen (secondary N) is 1. The van der Waals surface area contributed by atoms with Crippen LogP contribution in [0.1, 0.15) is 23.4 Å². The van der Waals surface area contributed by atoms with Crippen LogP contribution in [0.2, 0.25) is 0 Å². The zero-order chi connectivity index (χ0) is 15.2. The summed E-state index contributed by atoms with van der Waals surface area (Å²) < 4.78 is 0. The van der Waals surface area contributed by atoms with Crippen LogP contribution in [0.5, 0.6) is 0 Å². The molecule has 2 aromatic rings. The van der Waals surface area contributed by atoms with Gasteiger partial charge < -0.3 is 9.88 Å². The topological polar surface area (TPSA) is 49.0 Å². The summed E-state index contributed by atoms with van der Waals surface area (Å²) in [6, 6.07) is 6.42. The number of thioether (sulfide) groups is 1. The summed E-state index contributed by atoms with van der Waals surface area (Å²) in [5.41, 5.74) is 2.59. The monoisotopic (exact) mass is 303 g/mol. The summed E-state index contributed by atoms with van der Waals surface area (Å²) in [4.78, 5) is 22.1. The SMILES string of the molecule is Cc1ccc(SCCC(=O)N(C)Cc2ncc[nH]2)cc1C. The number of hydrogen-bond donors (Lipinski definition) is 1. The minimum absolute atomic E-state index is 0.141. The maximum Gasteiger partial charge on any atom is 0.223 e. The van der Waals surface area contributed by atoms with Crippen molar-refractivity contribution in [3.8, 4) is 0 Å². The average Bonchev–Trinajstić information content (AvgIpc) is 2.95. The second-order valence-corrected chi connectivity index (χ2v) is 6.30. The number of amides is 1. The Balaban J connectivity index is 1.77. The summed E-state index contributed by atoms with van der Waals surface area (Å²) in [5, 5.41) is 0. The molecule has 0 spiro atoms. The smallest absolute Gasteiger partial charge is 0.223 e. The fraction of sp³-hybridized carbons (Fsp3) is 0.375. The Kier molecular flexibility index (Phi) is 5.44. The van der Waals surface area contributed by atoms with Crippen molar-refractivity contribution in [1.82, 2.24) is 14.9 Å². The van der Waals surface area contributed by atoms with Gasteiger partial charge in [0, 0.05) is 36.5 Å². The van der Waals surface area contributed by atoms with Crippen molar-refractivity contribution >= 4 is 17.7 Å². The first-order valence-corrected chi connectivity index (χ1v) is 7.97. The van der Waals surface area contributed by atoms with E-state index in [0.717, 1.165) is 11.6 Å². The van der Waals surface area contributed by atoms with Crippen molar-refractivity contribution in [3.63, 3.8) is 0 Å². The molecule has 1 aromatic heterocycles. The fourth-order valence-electron chi connectivity index (χ4n) is 1.95. The number of aromatic amines is 1. The Labute approximate surface area is 130 Å². The van der Waals surface area contributed by atoms with Crippen molar-refractivity contribution in [3.05, 3.63) is 47.5 Å². The third-order valence-corrected chi connectivity index (χ3v) is 4.43. The minimum atomic E-state index is 0.141. The van der Waals surface area contributed by atoms with Crippen LogP contribution in [0, 0.1) is 13.8 Å². The van der Waals surface area contributed by atoms with E-state index in [9.17, 15) is 4.79 Å². The number of carbonyl (C=O) groups is 1. The van der Waals surface area contributed by atoms with Crippen LogP contribution in [-0.2, 0) is 11.3 Å². The van der Waals surface area contributed by atoms with Gasteiger partial charge in [-0.25, -0.2) is 4.98 Å². The molecule has 0 aliphatic heterocycles. The molecule has 21 heavy (non-hydrogen) atoms. The average molecular weight is 303 g/mol. The standard InChI is InChI=1S/C16H21N3OS/c1-12-4-5-14(10-13(12)2)21-9-6-16(20)19(3)11-15-17-7-8-18-15/h4-5,7-8,10H,6,9,11H2,1-3H3,(H,17,18). The third-order valence-electron chi connectivity index (χ3n) is 3.43. The molecule has 0 aliphatic carbocycles. The van der Waals surface area contributed by atoms with Gasteiger partial charge in [-0.1, -0.05) is 6.07 Å². The molecule has 4 nitrogen and oxygen atoms in total. The number of nitrogens with zero attached hydrogens (tertiary/aromatic N) is 2. The van der Waals surface area contributed by atoms with E-state index in [4.69, 9.17) is 0 Å².